The molecule has 4 rings (SSSR count). The third kappa shape index (κ3) is 4.67. The van der Waals surface area contributed by atoms with Crippen LogP contribution in [0.4, 0.5) is 5.82 Å². The van der Waals surface area contributed by atoms with Crippen molar-refractivity contribution in [3.63, 3.8) is 0 Å². The maximum atomic E-state index is 4.64. The summed E-state index contributed by atoms with van der Waals surface area (Å²) in [6, 6.07) is 12.8. The van der Waals surface area contributed by atoms with Gasteiger partial charge in [-0.3, -0.25) is 4.90 Å². The molecule has 5 heteroatoms. The van der Waals surface area contributed by atoms with Gasteiger partial charge in [0.15, 0.2) is 0 Å². The molecule has 0 saturated carbocycles. The summed E-state index contributed by atoms with van der Waals surface area (Å²) in [6.07, 6.45) is 4.85. The van der Waals surface area contributed by atoms with Gasteiger partial charge in [0.05, 0.1) is 11.9 Å². The van der Waals surface area contributed by atoms with Crippen LogP contribution in [0.5, 0.6) is 0 Å². The van der Waals surface area contributed by atoms with Gasteiger partial charge in [-0.15, -0.1) is 0 Å². The molecular formula is C24H31N5. The first kappa shape index (κ1) is 19.6. The summed E-state index contributed by atoms with van der Waals surface area (Å²) in [5.74, 6) is 2.65. The number of rotatable bonds is 6. The molecule has 0 bridgehead atoms. The van der Waals surface area contributed by atoms with Crippen molar-refractivity contribution >= 4 is 5.82 Å². The van der Waals surface area contributed by atoms with Crippen molar-refractivity contribution < 1.29 is 0 Å². The van der Waals surface area contributed by atoms with Gasteiger partial charge in [0, 0.05) is 44.5 Å². The first-order valence-corrected chi connectivity index (χ1v) is 10.7. The fourth-order valence-electron chi connectivity index (χ4n) is 3.99. The molecule has 3 heterocycles. The number of pyridine rings is 1. The van der Waals surface area contributed by atoms with Gasteiger partial charge in [-0.25, -0.2) is 9.97 Å². The van der Waals surface area contributed by atoms with Crippen LogP contribution in [0.2, 0.25) is 0 Å². The quantitative estimate of drug-likeness (QED) is 0.675. The number of aromatic amines is 1. The van der Waals surface area contributed by atoms with Crippen molar-refractivity contribution in [3.05, 3.63) is 54.4 Å². The van der Waals surface area contributed by atoms with E-state index in [-0.39, 0.29) is 0 Å². The first-order chi connectivity index (χ1) is 14.1. The molecule has 2 aromatic heterocycles. The second-order valence-corrected chi connectivity index (χ2v) is 8.28. The van der Waals surface area contributed by atoms with Gasteiger partial charge in [-0.1, -0.05) is 39.0 Å². The molecule has 5 nitrogen and oxygen atoms in total. The third-order valence-electron chi connectivity index (χ3n) is 5.56. The Morgan fingerprint density at radius 2 is 1.83 bits per heavy atom. The van der Waals surface area contributed by atoms with E-state index < -0.39 is 0 Å². The van der Waals surface area contributed by atoms with Crippen molar-refractivity contribution in [2.24, 2.45) is 5.92 Å². The van der Waals surface area contributed by atoms with E-state index in [1.807, 2.05) is 18.5 Å². The second-order valence-electron chi connectivity index (χ2n) is 8.28. The lowest BCUT2D eigenvalue weighted by molar-refractivity contribution is 0.231. The topological polar surface area (TPSA) is 48.1 Å². The van der Waals surface area contributed by atoms with Gasteiger partial charge in [-0.05, 0) is 41.7 Å². The minimum absolute atomic E-state index is 0.717. The molecule has 1 aliphatic heterocycles. The summed E-state index contributed by atoms with van der Waals surface area (Å²) in [7, 11) is 0. The molecular weight excluding hydrogens is 358 g/mol. The van der Waals surface area contributed by atoms with Gasteiger partial charge in [-0.2, -0.15) is 0 Å². The fourth-order valence-corrected chi connectivity index (χ4v) is 3.99. The van der Waals surface area contributed by atoms with Crippen LogP contribution in [0.25, 0.3) is 22.6 Å². The number of nitrogens with one attached hydrogen (secondary N) is 1. The van der Waals surface area contributed by atoms with Crippen LogP contribution < -0.4 is 4.90 Å². The number of hydrogen-bond donors (Lipinski definition) is 1. The van der Waals surface area contributed by atoms with Crippen LogP contribution in [-0.4, -0.2) is 52.6 Å². The van der Waals surface area contributed by atoms with Gasteiger partial charge in [0.25, 0.3) is 0 Å². The van der Waals surface area contributed by atoms with Crippen LogP contribution in [0.1, 0.15) is 26.3 Å². The Kier molecular flexibility index (Phi) is 5.95. The Labute approximate surface area is 173 Å². The van der Waals surface area contributed by atoms with Crippen LogP contribution in [0, 0.1) is 5.92 Å². The van der Waals surface area contributed by atoms with Gasteiger partial charge in [0.2, 0.25) is 0 Å². The van der Waals surface area contributed by atoms with Crippen molar-refractivity contribution in [2.45, 2.75) is 27.2 Å². The van der Waals surface area contributed by atoms with E-state index in [2.05, 4.69) is 75.9 Å². The number of benzene rings is 1. The zero-order chi connectivity index (χ0) is 20.2. The SMILES string of the molecule is CCc1cccc(-c2cnc(-c3ccnc(N4CCN(CC(C)C)CC4)c3)[nH]2)c1. The highest BCUT2D eigenvalue weighted by molar-refractivity contribution is 5.66. The van der Waals surface area contributed by atoms with E-state index in [9.17, 15) is 0 Å². The number of aromatic nitrogens is 3. The molecule has 0 radical (unpaired) electrons. The van der Waals surface area contributed by atoms with Crippen LogP contribution in [0.15, 0.2) is 48.8 Å². The fraction of sp³-hybridized carbons (Fsp3) is 0.417. The van der Waals surface area contributed by atoms with Crippen LogP contribution >= 0.6 is 0 Å². The molecule has 1 saturated heterocycles. The largest absolute Gasteiger partial charge is 0.354 e. The summed E-state index contributed by atoms with van der Waals surface area (Å²) < 4.78 is 0. The molecule has 0 atom stereocenters. The zero-order valence-corrected chi connectivity index (χ0v) is 17.7. The molecule has 1 aromatic carbocycles. The molecule has 3 aromatic rings. The Bertz CT molecular complexity index is 938. The lowest BCUT2D eigenvalue weighted by Crippen LogP contribution is -2.47. The van der Waals surface area contributed by atoms with E-state index in [0.717, 1.165) is 55.5 Å². The first-order valence-electron chi connectivity index (χ1n) is 10.7. The molecule has 29 heavy (non-hydrogen) atoms. The summed E-state index contributed by atoms with van der Waals surface area (Å²) in [4.78, 5) is 17.7. The Hall–Kier alpha value is -2.66. The highest BCUT2D eigenvalue weighted by Crippen LogP contribution is 2.25. The average molecular weight is 390 g/mol. The Morgan fingerprint density at radius 1 is 1.00 bits per heavy atom. The number of nitrogens with zero attached hydrogens (tertiary/aromatic N) is 4. The molecule has 152 valence electrons. The van der Waals surface area contributed by atoms with Gasteiger partial charge >= 0.3 is 0 Å². The third-order valence-corrected chi connectivity index (χ3v) is 5.56. The standard InChI is InChI=1S/C24H31N5/c1-4-19-6-5-7-20(14-19)22-16-26-24(27-22)21-8-9-25-23(15-21)29-12-10-28(11-13-29)17-18(2)3/h5-9,14-16,18H,4,10-13,17H2,1-3H3,(H,26,27). The number of anilines is 1. The molecule has 0 spiro atoms. The summed E-state index contributed by atoms with van der Waals surface area (Å²) in [6.45, 7) is 12.2. The van der Waals surface area contributed by atoms with Crippen molar-refractivity contribution in [1.29, 1.82) is 0 Å². The van der Waals surface area contributed by atoms with Gasteiger partial charge < -0.3 is 9.88 Å². The normalized spacial score (nSPS) is 15.2. The van der Waals surface area contributed by atoms with Gasteiger partial charge in [0.1, 0.15) is 11.6 Å². The second kappa shape index (κ2) is 8.78. The predicted octanol–water partition coefficient (Wildman–Crippen LogP) is 4.48. The van der Waals surface area contributed by atoms with E-state index in [0.29, 0.717) is 5.92 Å². The molecule has 0 unspecified atom stereocenters. The van der Waals surface area contributed by atoms with E-state index in [1.165, 1.54) is 17.7 Å². The number of piperazine rings is 1. The van der Waals surface area contributed by atoms with E-state index in [4.69, 9.17) is 0 Å². The van der Waals surface area contributed by atoms with Crippen molar-refractivity contribution in [3.8, 4) is 22.6 Å². The number of hydrogen-bond acceptors (Lipinski definition) is 4. The maximum Gasteiger partial charge on any atom is 0.137 e. The van der Waals surface area contributed by atoms with Crippen LogP contribution in [0.3, 0.4) is 0 Å². The number of aryl methyl sites for hydroxylation is 1. The minimum atomic E-state index is 0.717. The molecule has 1 N–H and O–H groups in total. The predicted molar refractivity (Wildman–Crippen MR) is 120 cm³/mol. The Balaban J connectivity index is 1.49. The molecule has 1 aliphatic rings. The highest BCUT2D eigenvalue weighted by atomic mass is 15.3. The maximum absolute atomic E-state index is 4.64. The Morgan fingerprint density at radius 3 is 2.59 bits per heavy atom. The lowest BCUT2D eigenvalue weighted by atomic mass is 10.1. The smallest absolute Gasteiger partial charge is 0.137 e. The average Bonchev–Trinajstić information content (AvgIpc) is 3.24. The van der Waals surface area contributed by atoms with Crippen molar-refractivity contribution in [1.82, 2.24) is 19.9 Å². The summed E-state index contributed by atoms with van der Waals surface area (Å²) >= 11 is 0. The zero-order valence-electron chi connectivity index (χ0n) is 17.7. The van der Waals surface area contributed by atoms with Crippen LogP contribution in [-0.2, 0) is 6.42 Å². The number of imidazole rings is 1. The highest BCUT2D eigenvalue weighted by Gasteiger charge is 2.19. The summed E-state index contributed by atoms with van der Waals surface area (Å²) in [5.41, 5.74) is 4.65. The van der Waals surface area contributed by atoms with E-state index in [1.54, 1.807) is 0 Å². The molecule has 0 amide bonds. The summed E-state index contributed by atoms with van der Waals surface area (Å²) in [5, 5.41) is 0. The number of H-pyrrole nitrogens is 1. The lowest BCUT2D eigenvalue weighted by Gasteiger charge is -2.36. The minimum Gasteiger partial charge on any atom is -0.354 e. The molecule has 1 fully saturated rings. The van der Waals surface area contributed by atoms with E-state index >= 15 is 0 Å². The monoisotopic (exact) mass is 389 g/mol. The molecule has 0 aliphatic carbocycles. The van der Waals surface area contributed by atoms with Crippen molar-refractivity contribution in [2.75, 3.05) is 37.6 Å².